The van der Waals surface area contributed by atoms with Crippen LogP contribution in [0.5, 0.6) is 5.75 Å². The topological polar surface area (TPSA) is 135 Å². The first-order chi connectivity index (χ1) is 23.7. The molecule has 2 N–H and O–H groups in total. The van der Waals surface area contributed by atoms with E-state index in [-0.39, 0.29) is 64.7 Å². The predicted molar refractivity (Wildman–Crippen MR) is 185 cm³/mol. The molecule has 8 rings (SSSR count). The molecule has 1 aromatic heterocycles. The Hall–Kier alpha value is -4.68. The first-order valence-electron chi connectivity index (χ1n) is 16.4. The van der Waals surface area contributed by atoms with E-state index >= 15 is 0 Å². The van der Waals surface area contributed by atoms with Crippen LogP contribution in [-0.2, 0) is 19.1 Å². The molecule has 2 saturated carbocycles. The zero-order valence-electron chi connectivity index (χ0n) is 26.7. The monoisotopic (exact) mass is 695 g/mol. The van der Waals surface area contributed by atoms with E-state index in [1.54, 1.807) is 43.0 Å². The molecule has 2 bridgehead atoms. The summed E-state index contributed by atoms with van der Waals surface area (Å²) in [5.41, 5.74) is 3.51. The Labute approximate surface area is 290 Å². The minimum atomic E-state index is -0.455. The second-order valence-corrected chi connectivity index (χ2v) is 15.2. The van der Waals surface area contributed by atoms with Crippen molar-refractivity contribution in [1.82, 2.24) is 4.98 Å². The first-order valence-corrected chi connectivity index (χ1v) is 18.1. The quantitative estimate of drug-likeness (QED) is 0.179. The molecule has 0 spiro atoms. The molecule has 7 atom stereocenters. The fourth-order valence-corrected chi connectivity index (χ4v) is 11.3. The molecule has 3 aromatic carbocycles. The number of benzene rings is 3. The van der Waals surface area contributed by atoms with E-state index in [0.717, 1.165) is 33.1 Å². The summed E-state index contributed by atoms with van der Waals surface area (Å²) < 4.78 is 10.9. The number of aryl methyl sites for hydroxylation is 1. The fourth-order valence-electron chi connectivity index (χ4n) is 8.43. The number of rotatable bonds is 8. The number of para-hydroxylation sites is 1. The number of ether oxygens (including phenoxy) is 2. The van der Waals surface area contributed by atoms with Crippen LogP contribution in [0.15, 0.2) is 82.6 Å². The van der Waals surface area contributed by atoms with Gasteiger partial charge in [-0.25, -0.2) is 4.79 Å². The third kappa shape index (κ3) is 5.28. The Morgan fingerprint density at radius 2 is 1.65 bits per heavy atom. The summed E-state index contributed by atoms with van der Waals surface area (Å²) in [6.07, 6.45) is 0.775. The third-order valence-corrected chi connectivity index (χ3v) is 13.0. The highest BCUT2D eigenvalue weighted by Crippen LogP contribution is 2.68. The highest BCUT2D eigenvalue weighted by Gasteiger charge is 2.69. The number of nitrogens with one attached hydrogen (secondary N) is 2. The molecule has 3 amide bonds. The summed E-state index contributed by atoms with van der Waals surface area (Å²) in [5.74, 6) is -1.58. The number of thioether (sulfide) groups is 1. The van der Waals surface area contributed by atoms with E-state index in [9.17, 15) is 24.0 Å². The number of hydrogen-bond acceptors (Lipinski definition) is 9. The van der Waals surface area contributed by atoms with Gasteiger partial charge in [-0.3, -0.25) is 24.1 Å². The van der Waals surface area contributed by atoms with Crippen molar-refractivity contribution in [2.75, 3.05) is 23.4 Å². The van der Waals surface area contributed by atoms with E-state index in [1.165, 1.54) is 16.2 Å². The molecule has 10 nitrogen and oxygen atoms in total. The number of anilines is 2. The molecule has 4 aliphatic rings. The van der Waals surface area contributed by atoms with Gasteiger partial charge in [-0.15, -0.1) is 11.8 Å². The van der Waals surface area contributed by atoms with Gasteiger partial charge >= 0.3 is 10.8 Å². The van der Waals surface area contributed by atoms with Gasteiger partial charge in [-0.1, -0.05) is 41.7 Å². The molecule has 0 radical (unpaired) electrons. The average molecular weight is 696 g/mol. The van der Waals surface area contributed by atoms with Crippen LogP contribution in [0, 0.1) is 36.5 Å². The number of fused-ring (bicyclic) bond motifs is 9. The molecule has 2 aliphatic carbocycles. The normalized spacial score (nSPS) is 26.2. The lowest BCUT2D eigenvalue weighted by atomic mass is 9.68. The molecule has 49 heavy (non-hydrogen) atoms. The summed E-state index contributed by atoms with van der Waals surface area (Å²) in [7, 11) is 0. The number of nitrogens with zero attached hydrogens (tertiary/aromatic N) is 1. The maximum atomic E-state index is 14.1. The van der Waals surface area contributed by atoms with Gasteiger partial charge in [0.15, 0.2) is 6.61 Å². The van der Waals surface area contributed by atoms with E-state index < -0.39 is 17.8 Å². The van der Waals surface area contributed by atoms with Crippen LogP contribution < -0.4 is 19.8 Å². The van der Waals surface area contributed by atoms with Gasteiger partial charge in [0.05, 0.1) is 34.7 Å². The Balaban J connectivity index is 1.04. The summed E-state index contributed by atoms with van der Waals surface area (Å²) in [6.45, 7) is 3.77. The predicted octanol–water partition coefficient (Wildman–Crippen LogP) is 5.62. The number of amides is 3. The van der Waals surface area contributed by atoms with Crippen molar-refractivity contribution in [3.05, 3.63) is 104 Å². The molecule has 1 saturated heterocycles. The van der Waals surface area contributed by atoms with E-state index in [2.05, 4.69) is 10.3 Å². The minimum absolute atomic E-state index is 0.0151. The molecule has 3 heterocycles. The van der Waals surface area contributed by atoms with E-state index in [4.69, 9.17) is 9.47 Å². The standard InChI is InChI=1S/C37H33N3O7S2/c1-3-46-36(44)20-8-12-21(13-9-20)40-34(42)29-23-16-24(30(29)35(40)43)31-28(23)27(32-33(48-31)39-37(45)49-32)19-10-14-22(15-11-19)47-17-26(41)38-25-7-5-4-6-18(25)2/h4-15,23-24,27-31H,3,16-17H2,1-2H3,(H,38,41)(H,39,45)/t23?,24?,27-,28?,29?,30?,31?/m1/s1. The Kier molecular flexibility index (Phi) is 7.95. The number of aromatic nitrogens is 1. The molecule has 12 heteroatoms. The second-order valence-electron chi connectivity index (χ2n) is 13.0. The van der Waals surface area contributed by atoms with Gasteiger partial charge in [0, 0.05) is 21.7 Å². The third-order valence-electron chi connectivity index (χ3n) is 10.4. The van der Waals surface area contributed by atoms with Crippen LogP contribution >= 0.6 is 23.1 Å². The number of aromatic amines is 1. The lowest BCUT2D eigenvalue weighted by molar-refractivity contribution is -0.123. The summed E-state index contributed by atoms with van der Waals surface area (Å²) >= 11 is 2.84. The van der Waals surface area contributed by atoms with Crippen molar-refractivity contribution < 1.29 is 28.7 Å². The Morgan fingerprint density at radius 3 is 2.37 bits per heavy atom. The van der Waals surface area contributed by atoms with Gasteiger partial charge in [-0.2, -0.15) is 0 Å². The zero-order valence-corrected chi connectivity index (χ0v) is 28.3. The van der Waals surface area contributed by atoms with Crippen molar-refractivity contribution in [3.63, 3.8) is 0 Å². The zero-order chi connectivity index (χ0) is 34.0. The number of thiazole rings is 1. The Morgan fingerprint density at radius 1 is 0.939 bits per heavy atom. The lowest BCUT2D eigenvalue weighted by Crippen LogP contribution is -2.42. The molecular formula is C37H33N3O7S2. The van der Waals surface area contributed by atoms with E-state index in [0.29, 0.717) is 17.0 Å². The van der Waals surface area contributed by atoms with E-state index in [1.807, 2.05) is 55.5 Å². The molecule has 6 unspecified atom stereocenters. The number of H-pyrrole nitrogens is 1. The van der Waals surface area contributed by atoms with Crippen LogP contribution in [0.4, 0.5) is 11.4 Å². The fraction of sp³-hybridized carbons (Fsp3) is 0.324. The van der Waals surface area contributed by atoms with Gasteiger partial charge in [0.1, 0.15) is 5.75 Å². The number of hydrogen-bond donors (Lipinski definition) is 2. The molecule has 250 valence electrons. The highest BCUT2D eigenvalue weighted by atomic mass is 32.2. The maximum Gasteiger partial charge on any atom is 0.338 e. The largest absolute Gasteiger partial charge is 0.484 e. The highest BCUT2D eigenvalue weighted by molar-refractivity contribution is 8.00. The Bertz CT molecular complexity index is 2040. The van der Waals surface area contributed by atoms with Crippen LogP contribution in [0.3, 0.4) is 0 Å². The van der Waals surface area contributed by atoms with Crippen LogP contribution in [0.1, 0.15) is 45.6 Å². The number of carbonyl (C=O) groups is 4. The first kappa shape index (κ1) is 31.6. The van der Waals surface area contributed by atoms with Crippen LogP contribution in [0.2, 0.25) is 0 Å². The molecule has 3 fully saturated rings. The van der Waals surface area contributed by atoms with Crippen LogP contribution in [-0.4, -0.2) is 47.1 Å². The average Bonchev–Trinajstić information content (AvgIpc) is 3.84. The number of esters is 1. The van der Waals surface area contributed by atoms with Crippen molar-refractivity contribution in [2.24, 2.45) is 29.6 Å². The smallest absolute Gasteiger partial charge is 0.338 e. The minimum Gasteiger partial charge on any atom is -0.484 e. The number of imide groups is 1. The van der Waals surface area contributed by atoms with Crippen LogP contribution in [0.25, 0.3) is 0 Å². The number of carbonyl (C=O) groups excluding carboxylic acids is 4. The summed E-state index contributed by atoms with van der Waals surface area (Å²) in [6, 6.07) is 21.6. The maximum absolute atomic E-state index is 14.1. The van der Waals surface area contributed by atoms with Gasteiger partial charge in [-0.05, 0) is 91.6 Å². The molecular weight excluding hydrogens is 663 g/mol. The summed E-state index contributed by atoms with van der Waals surface area (Å²) in [4.78, 5) is 70.6. The van der Waals surface area contributed by atoms with Gasteiger partial charge in [0.25, 0.3) is 5.91 Å². The van der Waals surface area contributed by atoms with Gasteiger partial charge in [0.2, 0.25) is 11.8 Å². The van der Waals surface area contributed by atoms with Crippen molar-refractivity contribution >= 4 is 58.2 Å². The molecule has 4 aromatic rings. The van der Waals surface area contributed by atoms with Gasteiger partial charge < -0.3 is 19.8 Å². The van der Waals surface area contributed by atoms with Crippen molar-refractivity contribution in [2.45, 2.75) is 36.5 Å². The SMILES string of the molecule is CCOC(=O)c1ccc(N2C(=O)C3C4CC(C3C2=O)C2C4Sc3[nH]c(=O)sc3[C@@H]2c2ccc(OCC(=O)Nc3ccccc3C)cc2)cc1. The molecule has 2 aliphatic heterocycles. The van der Waals surface area contributed by atoms with Crippen molar-refractivity contribution in [1.29, 1.82) is 0 Å². The van der Waals surface area contributed by atoms with Crippen molar-refractivity contribution in [3.8, 4) is 5.75 Å². The summed E-state index contributed by atoms with van der Waals surface area (Å²) in [5, 5.41) is 3.76. The lowest BCUT2D eigenvalue weighted by Gasteiger charge is -2.43. The second kappa shape index (κ2) is 12.3.